The molecule has 2 aliphatic rings. The molecule has 0 spiro atoms. The molecule has 6 unspecified atom stereocenters. The van der Waals surface area contributed by atoms with Gasteiger partial charge in [0.25, 0.3) is 5.69 Å². The number of carbonyl (C=O) groups excluding carboxylic acids is 1. The number of hydrogen-bond donors (Lipinski definition) is 4. The summed E-state index contributed by atoms with van der Waals surface area (Å²) >= 11 is 5.78. The van der Waals surface area contributed by atoms with Gasteiger partial charge in [-0.15, -0.1) is 0 Å². The van der Waals surface area contributed by atoms with Crippen LogP contribution >= 0.6 is 11.6 Å². The lowest BCUT2D eigenvalue weighted by molar-refractivity contribution is -0.385. The third-order valence-electron chi connectivity index (χ3n) is 6.39. The van der Waals surface area contributed by atoms with Crippen molar-refractivity contribution in [2.24, 2.45) is 23.5 Å². The Kier molecular flexibility index (Phi) is 6.22. The summed E-state index contributed by atoms with van der Waals surface area (Å²) in [6.07, 6.45) is 1.38. The lowest BCUT2D eigenvalue weighted by Gasteiger charge is -2.36. The number of aromatic nitrogens is 2. The molecule has 1 aromatic heterocycles. The smallest absolute Gasteiger partial charge is 0.269 e. The Labute approximate surface area is 187 Å². The van der Waals surface area contributed by atoms with Crippen molar-refractivity contribution in [1.82, 2.24) is 15.3 Å². The fourth-order valence-electron chi connectivity index (χ4n) is 5.03. The first kappa shape index (κ1) is 22.3. The Morgan fingerprint density at radius 3 is 2.94 bits per heavy atom. The van der Waals surface area contributed by atoms with Crippen molar-refractivity contribution in [3.8, 4) is 0 Å². The Morgan fingerprint density at radius 1 is 1.44 bits per heavy atom. The fraction of sp³-hybridized carbons (Fsp3) is 0.450. The van der Waals surface area contributed by atoms with Crippen LogP contribution in [0.25, 0.3) is 0 Å². The molecule has 0 aliphatic heterocycles. The third-order valence-corrected chi connectivity index (χ3v) is 6.57. The van der Waals surface area contributed by atoms with Crippen molar-refractivity contribution in [2.45, 2.75) is 31.0 Å². The molecular formula is C20H22ClFN6O4. The minimum atomic E-state index is -0.953. The average Bonchev–Trinajstić information content (AvgIpc) is 3.33. The number of primary amides is 1. The highest BCUT2D eigenvalue weighted by Crippen LogP contribution is 2.49. The molecule has 1 heterocycles. The first-order valence-electron chi connectivity index (χ1n) is 10.1. The minimum absolute atomic E-state index is 0.00262. The fourth-order valence-corrected chi connectivity index (χ4v) is 5.17. The molecular weight excluding hydrogens is 443 g/mol. The van der Waals surface area contributed by atoms with Crippen LogP contribution in [0.15, 0.2) is 30.5 Å². The van der Waals surface area contributed by atoms with Crippen LogP contribution in [-0.4, -0.2) is 44.5 Å². The average molecular weight is 465 g/mol. The maximum absolute atomic E-state index is 14.2. The quantitative estimate of drug-likeness (QED) is 0.261. The van der Waals surface area contributed by atoms with Crippen molar-refractivity contribution >= 4 is 29.0 Å². The molecule has 2 fully saturated rings. The van der Waals surface area contributed by atoms with Crippen LogP contribution in [0.5, 0.6) is 0 Å². The Balaban J connectivity index is 1.46. The number of aliphatic hydroxyl groups is 1. The van der Waals surface area contributed by atoms with Crippen LogP contribution < -0.4 is 16.4 Å². The van der Waals surface area contributed by atoms with Gasteiger partial charge in [0.1, 0.15) is 0 Å². The van der Waals surface area contributed by atoms with Crippen LogP contribution in [0, 0.1) is 33.7 Å². The van der Waals surface area contributed by atoms with Gasteiger partial charge in [0, 0.05) is 30.8 Å². The molecule has 6 atom stereocenters. The van der Waals surface area contributed by atoms with E-state index in [1.165, 1.54) is 18.2 Å². The highest BCUT2D eigenvalue weighted by molar-refractivity contribution is 6.28. The van der Waals surface area contributed by atoms with E-state index in [0.29, 0.717) is 18.4 Å². The molecule has 0 radical (unpaired) electrons. The monoisotopic (exact) mass is 464 g/mol. The highest BCUT2D eigenvalue weighted by atomic mass is 35.5. The molecule has 170 valence electrons. The van der Waals surface area contributed by atoms with Gasteiger partial charge >= 0.3 is 0 Å². The Hall–Kier alpha value is -2.89. The molecule has 2 aliphatic carbocycles. The summed E-state index contributed by atoms with van der Waals surface area (Å²) in [4.78, 5) is 30.0. The van der Waals surface area contributed by atoms with Gasteiger partial charge in [-0.05, 0) is 41.8 Å². The maximum atomic E-state index is 14.2. The van der Waals surface area contributed by atoms with E-state index in [-0.39, 0.29) is 41.2 Å². The first-order chi connectivity index (χ1) is 15.2. The van der Waals surface area contributed by atoms with Crippen molar-refractivity contribution in [3.05, 3.63) is 57.2 Å². The van der Waals surface area contributed by atoms with E-state index in [2.05, 4.69) is 20.6 Å². The van der Waals surface area contributed by atoms with Crippen molar-refractivity contribution < 1.29 is 19.2 Å². The molecule has 1 aromatic carbocycles. The van der Waals surface area contributed by atoms with Gasteiger partial charge in [0.2, 0.25) is 11.2 Å². The van der Waals surface area contributed by atoms with E-state index in [1.54, 1.807) is 6.07 Å². The standard InChI is InChI=1S/C20H22ClFN6O4/c21-20-25-7-13(22)19(27-20)26-17-12-5-10(16(17)18(23)30)6-14(12)24-8-15(29)9-2-1-3-11(4-9)28(31)32/h1-4,7,10,12,14-17,24,29H,5-6,8H2,(H2,23,30)(H,25,26,27). The van der Waals surface area contributed by atoms with E-state index in [1.807, 2.05) is 0 Å². The summed E-state index contributed by atoms with van der Waals surface area (Å²) in [6, 6.07) is 5.31. The van der Waals surface area contributed by atoms with Gasteiger partial charge < -0.3 is 21.5 Å². The summed E-state index contributed by atoms with van der Waals surface area (Å²) in [5.74, 6) is -1.81. The van der Waals surface area contributed by atoms with Crippen LogP contribution in [0.1, 0.15) is 24.5 Å². The van der Waals surface area contributed by atoms with E-state index >= 15 is 0 Å². The number of nitro groups is 1. The van der Waals surface area contributed by atoms with Crippen molar-refractivity contribution in [2.75, 3.05) is 11.9 Å². The van der Waals surface area contributed by atoms with Gasteiger partial charge in [-0.25, -0.2) is 9.37 Å². The van der Waals surface area contributed by atoms with Crippen molar-refractivity contribution in [3.63, 3.8) is 0 Å². The predicted octanol–water partition coefficient (Wildman–Crippen LogP) is 1.79. The normalized spacial score (nSPS) is 27.3. The topological polar surface area (TPSA) is 156 Å². The van der Waals surface area contributed by atoms with Gasteiger partial charge in [-0.1, -0.05) is 12.1 Å². The number of fused-ring (bicyclic) bond motifs is 2. The number of rotatable bonds is 8. The molecule has 10 nitrogen and oxygen atoms in total. The molecule has 12 heteroatoms. The number of aliphatic hydroxyl groups excluding tert-OH is 1. The number of hydrogen-bond acceptors (Lipinski definition) is 8. The molecule has 1 amide bonds. The number of carbonyl (C=O) groups is 1. The summed E-state index contributed by atoms with van der Waals surface area (Å²) in [5, 5.41) is 27.6. The van der Waals surface area contributed by atoms with E-state index in [4.69, 9.17) is 17.3 Å². The number of amides is 1. The van der Waals surface area contributed by atoms with Gasteiger partial charge in [0.15, 0.2) is 11.6 Å². The molecule has 2 saturated carbocycles. The van der Waals surface area contributed by atoms with Crippen LogP contribution in [0.4, 0.5) is 15.9 Å². The molecule has 32 heavy (non-hydrogen) atoms. The number of nitrogens with zero attached hydrogens (tertiary/aromatic N) is 3. The molecule has 2 aromatic rings. The number of nitrogens with two attached hydrogens (primary N) is 1. The number of benzene rings is 1. The van der Waals surface area contributed by atoms with Gasteiger partial charge in [0.05, 0.1) is 23.1 Å². The Morgan fingerprint density at radius 2 is 2.22 bits per heavy atom. The molecule has 5 N–H and O–H groups in total. The summed E-state index contributed by atoms with van der Waals surface area (Å²) in [6.45, 7) is 0.163. The third kappa shape index (κ3) is 4.36. The number of nitrogens with one attached hydrogen (secondary N) is 2. The molecule has 2 bridgehead atoms. The Bertz CT molecular complexity index is 1040. The predicted molar refractivity (Wildman–Crippen MR) is 113 cm³/mol. The second-order valence-electron chi connectivity index (χ2n) is 8.21. The van der Waals surface area contributed by atoms with E-state index in [0.717, 1.165) is 6.20 Å². The van der Waals surface area contributed by atoms with Gasteiger partial charge in [-0.2, -0.15) is 4.98 Å². The summed E-state index contributed by atoms with van der Waals surface area (Å²) in [5.41, 5.74) is 5.96. The molecule has 0 saturated heterocycles. The highest BCUT2D eigenvalue weighted by Gasteiger charge is 2.55. The van der Waals surface area contributed by atoms with Crippen molar-refractivity contribution in [1.29, 1.82) is 0 Å². The number of non-ortho nitro benzene ring substituents is 1. The maximum Gasteiger partial charge on any atom is 0.269 e. The zero-order valence-electron chi connectivity index (χ0n) is 16.8. The number of anilines is 1. The van der Waals surface area contributed by atoms with Crippen LogP contribution in [0.2, 0.25) is 5.28 Å². The van der Waals surface area contributed by atoms with E-state index < -0.39 is 34.7 Å². The number of halogens is 2. The largest absolute Gasteiger partial charge is 0.387 e. The number of nitro benzene ring substituents is 1. The lowest BCUT2D eigenvalue weighted by atomic mass is 9.81. The lowest BCUT2D eigenvalue weighted by Crippen LogP contribution is -2.51. The summed E-state index contributed by atoms with van der Waals surface area (Å²) < 4.78 is 14.2. The van der Waals surface area contributed by atoms with Crippen LogP contribution in [-0.2, 0) is 4.79 Å². The first-order valence-corrected chi connectivity index (χ1v) is 10.5. The SMILES string of the molecule is NC(=O)C1C2CC(NCC(O)c3cccc([N+](=O)[O-])c3)C(C2)C1Nc1nc(Cl)ncc1F. The summed E-state index contributed by atoms with van der Waals surface area (Å²) in [7, 11) is 0. The van der Waals surface area contributed by atoms with Gasteiger partial charge in [-0.3, -0.25) is 14.9 Å². The second kappa shape index (κ2) is 8.93. The zero-order valence-corrected chi connectivity index (χ0v) is 17.6. The second-order valence-corrected chi connectivity index (χ2v) is 8.55. The minimum Gasteiger partial charge on any atom is -0.387 e. The molecule has 4 rings (SSSR count). The van der Waals surface area contributed by atoms with Crippen LogP contribution in [0.3, 0.4) is 0 Å². The zero-order chi connectivity index (χ0) is 23.0. The van der Waals surface area contributed by atoms with E-state index in [9.17, 15) is 24.4 Å².